The Morgan fingerprint density at radius 2 is 2.30 bits per heavy atom. The molecule has 1 aromatic carbocycles. The van der Waals surface area contributed by atoms with Gasteiger partial charge in [0.25, 0.3) is 0 Å². The van der Waals surface area contributed by atoms with E-state index >= 15 is 0 Å². The molecule has 5 nitrogen and oxygen atoms in total. The molecule has 20 heavy (non-hydrogen) atoms. The fraction of sp³-hybridized carbons (Fsp3) is 0.385. The summed E-state index contributed by atoms with van der Waals surface area (Å²) in [7, 11) is 0. The molecule has 7 heteroatoms. The second-order valence-electron chi connectivity index (χ2n) is 4.42. The number of benzene rings is 1. The van der Waals surface area contributed by atoms with Gasteiger partial charge in [0, 0.05) is 11.4 Å². The first-order chi connectivity index (χ1) is 9.52. The molecule has 0 amide bonds. The van der Waals surface area contributed by atoms with Crippen molar-refractivity contribution in [3.8, 4) is 0 Å². The number of aromatic amines is 1. The van der Waals surface area contributed by atoms with E-state index in [0.29, 0.717) is 22.2 Å². The van der Waals surface area contributed by atoms with Crippen LogP contribution >= 0.6 is 11.8 Å². The Morgan fingerprint density at radius 1 is 1.55 bits per heavy atom. The summed E-state index contributed by atoms with van der Waals surface area (Å²) in [6.07, 6.45) is 0.0122. The van der Waals surface area contributed by atoms with Crippen molar-refractivity contribution in [1.29, 1.82) is 0 Å². The quantitative estimate of drug-likeness (QED) is 0.888. The molecule has 2 aromatic rings. The zero-order valence-electron chi connectivity index (χ0n) is 11.3. The van der Waals surface area contributed by atoms with E-state index in [1.165, 1.54) is 28.5 Å². The molecule has 0 bridgehead atoms. The minimum Gasteiger partial charge on any atom is -0.389 e. The summed E-state index contributed by atoms with van der Waals surface area (Å²) >= 11 is 1.23. The predicted molar refractivity (Wildman–Crippen MR) is 74.3 cm³/mol. The summed E-state index contributed by atoms with van der Waals surface area (Å²) < 4.78 is 14.8. The van der Waals surface area contributed by atoms with Gasteiger partial charge in [-0.25, -0.2) is 14.3 Å². The summed E-state index contributed by atoms with van der Waals surface area (Å²) in [5.41, 5.74) is 0.212. The molecule has 0 spiro atoms. The SMILES string of the molecule is CCCn1c(Sc2ccc(F)cc2[C@@H](C)O)n[nH]c1=O. The lowest BCUT2D eigenvalue weighted by atomic mass is 10.1. The first kappa shape index (κ1) is 14.8. The van der Waals surface area contributed by atoms with Gasteiger partial charge >= 0.3 is 5.69 Å². The van der Waals surface area contributed by atoms with E-state index in [2.05, 4.69) is 10.2 Å². The summed E-state index contributed by atoms with van der Waals surface area (Å²) in [4.78, 5) is 12.3. The maximum atomic E-state index is 13.3. The van der Waals surface area contributed by atoms with E-state index in [-0.39, 0.29) is 5.69 Å². The maximum absolute atomic E-state index is 13.3. The van der Waals surface area contributed by atoms with Crippen molar-refractivity contribution in [3.63, 3.8) is 0 Å². The minimum atomic E-state index is -0.793. The van der Waals surface area contributed by atoms with E-state index in [4.69, 9.17) is 0 Å². The van der Waals surface area contributed by atoms with Gasteiger partial charge in [-0.3, -0.25) is 4.57 Å². The first-order valence-corrected chi connectivity index (χ1v) is 7.15. The Bertz CT molecular complexity index is 651. The highest BCUT2D eigenvalue weighted by atomic mass is 32.2. The lowest BCUT2D eigenvalue weighted by molar-refractivity contribution is 0.196. The van der Waals surface area contributed by atoms with Crippen molar-refractivity contribution in [2.24, 2.45) is 0 Å². The predicted octanol–water partition coefficient (Wildman–Crippen LogP) is 2.32. The highest BCUT2D eigenvalue weighted by Crippen LogP contribution is 2.32. The summed E-state index contributed by atoms with van der Waals surface area (Å²) in [6, 6.07) is 4.20. The highest BCUT2D eigenvalue weighted by molar-refractivity contribution is 7.99. The molecule has 0 fully saturated rings. The van der Waals surface area contributed by atoms with E-state index in [9.17, 15) is 14.3 Å². The van der Waals surface area contributed by atoms with Crippen LogP contribution in [0.5, 0.6) is 0 Å². The van der Waals surface area contributed by atoms with Crippen LogP contribution in [0.25, 0.3) is 0 Å². The molecule has 0 saturated carbocycles. The lowest BCUT2D eigenvalue weighted by Gasteiger charge is -2.11. The van der Waals surface area contributed by atoms with Gasteiger partial charge < -0.3 is 5.11 Å². The van der Waals surface area contributed by atoms with Gasteiger partial charge in [-0.15, -0.1) is 5.10 Å². The zero-order chi connectivity index (χ0) is 14.7. The monoisotopic (exact) mass is 297 g/mol. The van der Waals surface area contributed by atoms with Crippen LogP contribution < -0.4 is 5.69 Å². The van der Waals surface area contributed by atoms with Gasteiger partial charge in [0.15, 0.2) is 5.16 Å². The fourth-order valence-corrected chi connectivity index (χ4v) is 2.89. The van der Waals surface area contributed by atoms with Crippen LogP contribution in [-0.2, 0) is 6.54 Å². The number of aliphatic hydroxyl groups excluding tert-OH is 1. The van der Waals surface area contributed by atoms with Crippen molar-refractivity contribution in [2.45, 2.75) is 43.0 Å². The van der Waals surface area contributed by atoms with Crippen LogP contribution in [0.15, 0.2) is 33.0 Å². The number of H-pyrrole nitrogens is 1. The maximum Gasteiger partial charge on any atom is 0.343 e. The fourth-order valence-electron chi connectivity index (χ4n) is 1.84. The molecule has 0 saturated heterocycles. The van der Waals surface area contributed by atoms with E-state index in [0.717, 1.165) is 6.42 Å². The molecule has 1 heterocycles. The third kappa shape index (κ3) is 3.10. The Morgan fingerprint density at radius 3 is 2.95 bits per heavy atom. The second kappa shape index (κ2) is 6.23. The standard InChI is InChI=1S/C13H16FN3O2S/c1-3-6-17-12(19)15-16-13(17)20-11-5-4-9(14)7-10(11)8(2)18/h4-5,7-8,18H,3,6H2,1-2H3,(H,15,19)/t8-/m1/s1. The van der Waals surface area contributed by atoms with Crippen LogP contribution in [0, 0.1) is 5.82 Å². The van der Waals surface area contributed by atoms with Gasteiger partial charge in [-0.05, 0) is 48.9 Å². The molecule has 2 N–H and O–H groups in total. The van der Waals surface area contributed by atoms with Crippen molar-refractivity contribution in [2.75, 3.05) is 0 Å². The third-order valence-corrected chi connectivity index (χ3v) is 3.88. The van der Waals surface area contributed by atoms with Gasteiger partial charge in [0.2, 0.25) is 0 Å². The van der Waals surface area contributed by atoms with Crippen LogP contribution in [-0.4, -0.2) is 19.9 Å². The number of aromatic nitrogens is 3. The summed E-state index contributed by atoms with van der Waals surface area (Å²) in [5.74, 6) is -0.404. The van der Waals surface area contributed by atoms with Gasteiger partial charge in [-0.1, -0.05) is 6.92 Å². The van der Waals surface area contributed by atoms with E-state index < -0.39 is 11.9 Å². The number of hydrogen-bond donors (Lipinski definition) is 2. The van der Waals surface area contributed by atoms with Gasteiger partial charge in [0.1, 0.15) is 5.82 Å². The number of rotatable bonds is 5. The first-order valence-electron chi connectivity index (χ1n) is 6.33. The average Bonchev–Trinajstić information content (AvgIpc) is 2.74. The van der Waals surface area contributed by atoms with Crippen molar-refractivity contribution < 1.29 is 9.50 Å². The summed E-state index contributed by atoms with van der Waals surface area (Å²) in [5, 5.41) is 16.6. The molecule has 1 aromatic heterocycles. The van der Waals surface area contributed by atoms with Crippen molar-refractivity contribution in [1.82, 2.24) is 14.8 Å². The zero-order valence-corrected chi connectivity index (χ0v) is 12.1. The van der Waals surface area contributed by atoms with E-state index in [1.54, 1.807) is 13.0 Å². The Balaban J connectivity index is 2.37. The Kier molecular flexibility index (Phi) is 4.61. The number of halogens is 1. The van der Waals surface area contributed by atoms with Crippen LogP contribution in [0.3, 0.4) is 0 Å². The number of nitrogens with zero attached hydrogens (tertiary/aromatic N) is 2. The smallest absolute Gasteiger partial charge is 0.343 e. The molecule has 0 aliphatic carbocycles. The molecule has 2 rings (SSSR count). The van der Waals surface area contributed by atoms with Crippen molar-refractivity contribution >= 4 is 11.8 Å². The molecule has 0 unspecified atom stereocenters. The number of nitrogens with one attached hydrogen (secondary N) is 1. The Hall–Kier alpha value is -1.60. The van der Waals surface area contributed by atoms with Crippen LogP contribution in [0.1, 0.15) is 31.9 Å². The van der Waals surface area contributed by atoms with Gasteiger partial charge in [-0.2, -0.15) is 0 Å². The number of hydrogen-bond acceptors (Lipinski definition) is 4. The molecule has 1 atom stereocenters. The topological polar surface area (TPSA) is 70.9 Å². The largest absolute Gasteiger partial charge is 0.389 e. The van der Waals surface area contributed by atoms with Crippen LogP contribution in [0.4, 0.5) is 4.39 Å². The number of aliphatic hydroxyl groups is 1. The minimum absolute atomic E-state index is 0.268. The Labute approximate surface area is 119 Å². The molecule has 0 aliphatic heterocycles. The second-order valence-corrected chi connectivity index (χ2v) is 5.43. The van der Waals surface area contributed by atoms with Crippen molar-refractivity contribution in [3.05, 3.63) is 40.1 Å². The average molecular weight is 297 g/mol. The molecular formula is C13H16FN3O2S. The molecule has 0 radical (unpaired) electrons. The highest BCUT2D eigenvalue weighted by Gasteiger charge is 2.15. The normalized spacial score (nSPS) is 12.6. The van der Waals surface area contributed by atoms with Crippen LogP contribution in [0.2, 0.25) is 0 Å². The molecule has 108 valence electrons. The molecule has 0 aliphatic rings. The van der Waals surface area contributed by atoms with Gasteiger partial charge in [0.05, 0.1) is 6.10 Å². The third-order valence-electron chi connectivity index (χ3n) is 2.79. The lowest BCUT2D eigenvalue weighted by Crippen LogP contribution is -2.17. The summed E-state index contributed by atoms with van der Waals surface area (Å²) in [6.45, 7) is 4.10. The van der Waals surface area contributed by atoms with E-state index in [1.807, 2.05) is 6.92 Å². The molecular weight excluding hydrogens is 281 g/mol.